The highest BCUT2D eigenvalue weighted by molar-refractivity contribution is 7.92. The first-order valence-electron chi connectivity index (χ1n) is 10.7. The van der Waals surface area contributed by atoms with Crippen molar-refractivity contribution in [3.63, 3.8) is 0 Å². The number of hydrogen-bond donors (Lipinski definition) is 0. The van der Waals surface area contributed by atoms with Crippen LogP contribution in [0.2, 0.25) is 0 Å². The fourth-order valence-electron chi connectivity index (χ4n) is 3.69. The second-order valence-electron chi connectivity index (χ2n) is 7.72. The van der Waals surface area contributed by atoms with E-state index in [9.17, 15) is 18.0 Å². The van der Waals surface area contributed by atoms with Crippen LogP contribution in [-0.4, -0.2) is 51.2 Å². The molecule has 3 rings (SSSR count). The Kier molecular flexibility index (Phi) is 7.55. The van der Waals surface area contributed by atoms with Gasteiger partial charge >= 0.3 is 5.97 Å². The number of carbonyl (C=O) groups is 2. The zero-order chi connectivity index (χ0) is 23.5. The van der Waals surface area contributed by atoms with E-state index < -0.39 is 16.0 Å². The van der Waals surface area contributed by atoms with E-state index >= 15 is 0 Å². The van der Waals surface area contributed by atoms with Crippen molar-refractivity contribution >= 4 is 44.1 Å². The Hall–Kier alpha value is -2.46. The molecule has 8 nitrogen and oxygen atoms in total. The largest absolute Gasteiger partial charge is 0.462 e. The van der Waals surface area contributed by atoms with Gasteiger partial charge in [-0.1, -0.05) is 31.1 Å². The van der Waals surface area contributed by atoms with Crippen LogP contribution in [0.3, 0.4) is 0 Å². The number of benzene rings is 1. The summed E-state index contributed by atoms with van der Waals surface area (Å²) in [7, 11) is -3.35. The first kappa shape index (κ1) is 24.2. The number of fused-ring (bicyclic) bond motifs is 1. The predicted octanol–water partition coefficient (Wildman–Crippen LogP) is 3.79. The first-order chi connectivity index (χ1) is 15.2. The highest BCUT2D eigenvalue weighted by atomic mass is 32.2. The van der Waals surface area contributed by atoms with Crippen LogP contribution in [0.1, 0.15) is 64.4 Å². The summed E-state index contributed by atoms with van der Waals surface area (Å²) in [5.74, 6) is -0.654. The zero-order valence-electron chi connectivity index (χ0n) is 18.9. The van der Waals surface area contributed by atoms with Gasteiger partial charge in [0.15, 0.2) is 5.13 Å². The van der Waals surface area contributed by atoms with E-state index in [2.05, 4.69) is 11.9 Å². The van der Waals surface area contributed by atoms with Crippen LogP contribution < -0.4 is 9.21 Å². The monoisotopic (exact) mass is 479 g/mol. The number of sulfonamides is 1. The number of hydrogen-bond acceptors (Lipinski definition) is 7. The Morgan fingerprint density at radius 3 is 2.66 bits per heavy atom. The Balaban J connectivity index is 1.92. The van der Waals surface area contributed by atoms with Gasteiger partial charge in [-0.15, -0.1) is 0 Å². The van der Waals surface area contributed by atoms with Gasteiger partial charge in [0.05, 0.1) is 24.2 Å². The number of rotatable bonds is 9. The van der Waals surface area contributed by atoms with Crippen molar-refractivity contribution in [1.82, 2.24) is 4.98 Å². The van der Waals surface area contributed by atoms with Crippen molar-refractivity contribution < 1.29 is 22.7 Å². The van der Waals surface area contributed by atoms with Crippen LogP contribution in [0.25, 0.3) is 0 Å². The van der Waals surface area contributed by atoms with E-state index in [-0.39, 0.29) is 12.5 Å². The van der Waals surface area contributed by atoms with Crippen molar-refractivity contribution in [2.45, 2.75) is 46.5 Å². The number of carbonyl (C=O) groups excluding carboxylic acids is 2. The molecule has 0 spiro atoms. The Morgan fingerprint density at radius 2 is 2.00 bits per heavy atom. The van der Waals surface area contributed by atoms with Crippen molar-refractivity contribution in [2.75, 3.05) is 35.2 Å². The third-order valence-corrected chi connectivity index (χ3v) is 7.63. The van der Waals surface area contributed by atoms with Crippen molar-refractivity contribution in [3.05, 3.63) is 39.9 Å². The quantitative estimate of drug-likeness (QED) is 0.401. The second-order valence-corrected chi connectivity index (χ2v) is 10.6. The summed E-state index contributed by atoms with van der Waals surface area (Å²) >= 11 is 1.16. The molecule has 1 aliphatic heterocycles. The normalized spacial score (nSPS) is 13.2. The molecule has 0 radical (unpaired) electrons. The predicted molar refractivity (Wildman–Crippen MR) is 126 cm³/mol. The minimum Gasteiger partial charge on any atom is -0.462 e. The molecule has 1 aromatic heterocycles. The molecule has 0 bridgehead atoms. The molecule has 32 heavy (non-hydrogen) atoms. The van der Waals surface area contributed by atoms with Gasteiger partial charge < -0.3 is 4.74 Å². The van der Waals surface area contributed by atoms with Gasteiger partial charge in [-0.05, 0) is 50.5 Å². The number of ether oxygens (including phenoxy) is 1. The van der Waals surface area contributed by atoms with Gasteiger partial charge in [0, 0.05) is 18.7 Å². The fourth-order valence-corrected chi connectivity index (χ4v) is 5.64. The third kappa shape index (κ3) is 5.12. The lowest BCUT2D eigenvalue weighted by atomic mass is 10.1. The van der Waals surface area contributed by atoms with Gasteiger partial charge in [-0.25, -0.2) is 18.2 Å². The molecule has 0 saturated carbocycles. The van der Waals surface area contributed by atoms with E-state index in [1.807, 2.05) is 0 Å². The summed E-state index contributed by atoms with van der Waals surface area (Å²) < 4.78 is 30.5. The van der Waals surface area contributed by atoms with Crippen molar-refractivity contribution in [1.29, 1.82) is 0 Å². The molecule has 10 heteroatoms. The fraction of sp³-hybridized carbons (Fsp3) is 0.500. The zero-order valence-corrected chi connectivity index (χ0v) is 20.5. The standard InChI is InChI=1S/C22H29N3O5S2/c1-5-7-8-12-24(22-23-15(3)19(31-22)21(27)30-6-2)20(26)17-9-10-18-16(14-17)11-13-25(18)32(4,28)29/h9-10,14H,5-8,11-13H2,1-4H3. The second kappa shape index (κ2) is 9.99. The average molecular weight is 480 g/mol. The molecule has 0 aliphatic carbocycles. The maximum atomic E-state index is 13.5. The van der Waals surface area contributed by atoms with E-state index in [1.165, 1.54) is 10.6 Å². The maximum absolute atomic E-state index is 13.5. The lowest BCUT2D eigenvalue weighted by molar-refractivity contribution is 0.0531. The van der Waals surface area contributed by atoms with Crippen LogP contribution in [0, 0.1) is 6.92 Å². The Labute approximate surface area is 193 Å². The highest BCUT2D eigenvalue weighted by Crippen LogP contribution is 2.33. The van der Waals surface area contributed by atoms with E-state index in [1.54, 1.807) is 36.9 Å². The number of aromatic nitrogens is 1. The van der Waals surface area contributed by atoms with E-state index in [0.29, 0.717) is 46.5 Å². The van der Waals surface area contributed by atoms with Crippen LogP contribution in [0.4, 0.5) is 10.8 Å². The molecule has 2 heterocycles. The number of unbranched alkanes of at least 4 members (excludes halogenated alkanes) is 2. The number of thiazole rings is 1. The van der Waals surface area contributed by atoms with Crippen LogP contribution >= 0.6 is 11.3 Å². The summed E-state index contributed by atoms with van der Waals surface area (Å²) in [5, 5.41) is 0.463. The van der Waals surface area contributed by atoms with Crippen LogP contribution in [0.5, 0.6) is 0 Å². The lowest BCUT2D eigenvalue weighted by Gasteiger charge is -2.21. The molecule has 0 saturated heterocycles. The molecule has 1 aromatic carbocycles. The van der Waals surface area contributed by atoms with Gasteiger partial charge in [0.25, 0.3) is 5.91 Å². The molecule has 0 fully saturated rings. The number of nitrogens with zero attached hydrogens (tertiary/aromatic N) is 3. The van der Waals surface area contributed by atoms with Crippen molar-refractivity contribution in [2.24, 2.45) is 0 Å². The molecule has 1 amide bonds. The summed E-state index contributed by atoms with van der Waals surface area (Å²) in [6, 6.07) is 5.12. The minimum atomic E-state index is -3.35. The topological polar surface area (TPSA) is 96.9 Å². The molecule has 0 atom stereocenters. The van der Waals surface area contributed by atoms with Crippen LogP contribution in [0.15, 0.2) is 18.2 Å². The number of anilines is 2. The average Bonchev–Trinajstić information content (AvgIpc) is 3.34. The van der Waals surface area contributed by atoms with Crippen molar-refractivity contribution in [3.8, 4) is 0 Å². The molecule has 174 valence electrons. The highest BCUT2D eigenvalue weighted by Gasteiger charge is 2.29. The van der Waals surface area contributed by atoms with E-state index in [0.717, 1.165) is 36.2 Å². The Bertz CT molecular complexity index is 1110. The van der Waals surface area contributed by atoms with Crippen LogP contribution in [-0.2, 0) is 21.2 Å². The Morgan fingerprint density at radius 1 is 1.25 bits per heavy atom. The first-order valence-corrected chi connectivity index (χ1v) is 13.4. The summed E-state index contributed by atoms with van der Waals surface area (Å²) in [6.07, 6.45) is 4.52. The smallest absolute Gasteiger partial charge is 0.350 e. The van der Waals surface area contributed by atoms with E-state index in [4.69, 9.17) is 4.74 Å². The SMILES string of the molecule is CCCCCN(C(=O)c1ccc2c(c1)CCN2S(C)(=O)=O)c1nc(C)c(C(=O)OCC)s1. The maximum Gasteiger partial charge on any atom is 0.350 e. The van der Waals surface area contributed by atoms with Gasteiger partial charge in [-0.3, -0.25) is 14.0 Å². The molecule has 0 unspecified atom stereocenters. The number of aryl methyl sites for hydroxylation is 1. The van der Waals surface area contributed by atoms with Gasteiger partial charge in [0.1, 0.15) is 4.88 Å². The molecule has 1 aliphatic rings. The third-order valence-electron chi connectivity index (χ3n) is 5.29. The number of esters is 1. The minimum absolute atomic E-state index is 0.217. The lowest BCUT2D eigenvalue weighted by Crippen LogP contribution is -2.32. The molecule has 2 aromatic rings. The summed E-state index contributed by atoms with van der Waals surface area (Å²) in [4.78, 5) is 32.2. The van der Waals surface area contributed by atoms with Gasteiger partial charge in [-0.2, -0.15) is 0 Å². The van der Waals surface area contributed by atoms with Gasteiger partial charge in [0.2, 0.25) is 10.0 Å². The summed E-state index contributed by atoms with van der Waals surface area (Å²) in [6.45, 7) is 6.69. The number of amides is 1. The molecular formula is C22H29N3O5S2. The molecule has 0 N–H and O–H groups in total. The summed E-state index contributed by atoms with van der Waals surface area (Å²) in [5.41, 5.74) is 2.46. The molecular weight excluding hydrogens is 450 g/mol.